The van der Waals surface area contributed by atoms with Crippen molar-refractivity contribution in [2.24, 2.45) is 0 Å². The second-order valence-corrected chi connectivity index (χ2v) is 5.69. The number of hydrogen-bond donors (Lipinski definition) is 2. The minimum absolute atomic E-state index is 0.00578. The Hall–Kier alpha value is -2.60. The van der Waals surface area contributed by atoms with Crippen molar-refractivity contribution in [1.29, 1.82) is 0 Å². The molecule has 0 aliphatic carbocycles. The Labute approximate surface area is 128 Å². The number of fused-ring (bicyclic) bond motifs is 1. The molecule has 0 atom stereocenters. The first-order valence-electron chi connectivity index (χ1n) is 7.00. The molecule has 0 aliphatic rings. The SMILES string of the molecule is CC(C)(CO)Nc1nc(-c2ccncc2)nc2cnccc12. The summed E-state index contributed by atoms with van der Waals surface area (Å²) in [6.07, 6.45) is 6.82. The van der Waals surface area contributed by atoms with Crippen LogP contribution in [0, 0.1) is 0 Å². The summed E-state index contributed by atoms with van der Waals surface area (Å²) in [5.41, 5.74) is 1.14. The average molecular weight is 295 g/mol. The van der Waals surface area contributed by atoms with E-state index in [9.17, 15) is 5.11 Å². The molecule has 3 aromatic rings. The Morgan fingerprint density at radius 1 is 1.05 bits per heavy atom. The number of nitrogens with zero attached hydrogens (tertiary/aromatic N) is 4. The van der Waals surface area contributed by atoms with Crippen LogP contribution in [0.25, 0.3) is 22.3 Å². The van der Waals surface area contributed by atoms with Crippen molar-refractivity contribution in [2.45, 2.75) is 19.4 Å². The highest BCUT2D eigenvalue weighted by atomic mass is 16.3. The Kier molecular flexibility index (Phi) is 3.68. The lowest BCUT2D eigenvalue weighted by Crippen LogP contribution is -2.35. The van der Waals surface area contributed by atoms with Crippen LogP contribution in [-0.4, -0.2) is 37.2 Å². The van der Waals surface area contributed by atoms with Crippen LogP contribution in [0.2, 0.25) is 0 Å². The topological polar surface area (TPSA) is 83.8 Å². The fourth-order valence-corrected chi connectivity index (χ4v) is 2.07. The molecule has 0 amide bonds. The van der Waals surface area contributed by atoms with Crippen molar-refractivity contribution < 1.29 is 5.11 Å². The minimum atomic E-state index is -0.486. The highest BCUT2D eigenvalue weighted by molar-refractivity contribution is 5.90. The van der Waals surface area contributed by atoms with Gasteiger partial charge in [0.1, 0.15) is 5.82 Å². The quantitative estimate of drug-likeness (QED) is 0.768. The third-order valence-corrected chi connectivity index (χ3v) is 3.29. The molecule has 0 aromatic carbocycles. The molecule has 3 heterocycles. The Morgan fingerprint density at radius 2 is 1.77 bits per heavy atom. The van der Waals surface area contributed by atoms with Gasteiger partial charge in [0.25, 0.3) is 0 Å². The second kappa shape index (κ2) is 5.65. The third-order valence-electron chi connectivity index (χ3n) is 3.29. The highest BCUT2D eigenvalue weighted by Gasteiger charge is 2.19. The van der Waals surface area contributed by atoms with Gasteiger partial charge in [-0.25, -0.2) is 9.97 Å². The standard InChI is InChI=1S/C16H17N5O/c1-16(2,10-22)21-15-12-5-8-18-9-13(12)19-14(20-15)11-3-6-17-7-4-11/h3-9,22H,10H2,1-2H3,(H,19,20,21). The smallest absolute Gasteiger partial charge is 0.162 e. The molecule has 0 fully saturated rings. The summed E-state index contributed by atoms with van der Waals surface area (Å²) >= 11 is 0. The summed E-state index contributed by atoms with van der Waals surface area (Å²) in [5.74, 6) is 1.28. The van der Waals surface area contributed by atoms with E-state index in [0.29, 0.717) is 11.6 Å². The van der Waals surface area contributed by atoms with Gasteiger partial charge in [0.2, 0.25) is 0 Å². The van der Waals surface area contributed by atoms with Gasteiger partial charge in [0, 0.05) is 29.5 Å². The molecule has 0 saturated heterocycles. The first-order chi connectivity index (χ1) is 10.6. The Bertz CT molecular complexity index is 789. The molecule has 0 bridgehead atoms. The summed E-state index contributed by atoms with van der Waals surface area (Å²) < 4.78 is 0. The predicted molar refractivity (Wildman–Crippen MR) is 85.4 cm³/mol. The van der Waals surface area contributed by atoms with Crippen LogP contribution in [0.5, 0.6) is 0 Å². The van der Waals surface area contributed by atoms with Crippen LogP contribution < -0.4 is 5.32 Å². The van der Waals surface area contributed by atoms with Gasteiger partial charge in [-0.05, 0) is 32.0 Å². The predicted octanol–water partition coefficient (Wildman–Crippen LogP) is 2.27. The molecule has 2 N–H and O–H groups in total. The number of anilines is 1. The Morgan fingerprint density at radius 3 is 2.50 bits per heavy atom. The van der Waals surface area contributed by atoms with Crippen molar-refractivity contribution in [3.05, 3.63) is 43.0 Å². The van der Waals surface area contributed by atoms with Crippen molar-refractivity contribution in [3.8, 4) is 11.4 Å². The molecule has 3 aromatic heterocycles. The van der Waals surface area contributed by atoms with Crippen LogP contribution >= 0.6 is 0 Å². The van der Waals surface area contributed by atoms with Gasteiger partial charge in [-0.15, -0.1) is 0 Å². The van der Waals surface area contributed by atoms with E-state index >= 15 is 0 Å². The van der Waals surface area contributed by atoms with E-state index in [2.05, 4.69) is 25.3 Å². The van der Waals surface area contributed by atoms with E-state index in [1.165, 1.54) is 0 Å². The van der Waals surface area contributed by atoms with Gasteiger partial charge in [-0.3, -0.25) is 9.97 Å². The fraction of sp³-hybridized carbons (Fsp3) is 0.250. The molecule has 0 unspecified atom stereocenters. The first-order valence-corrected chi connectivity index (χ1v) is 7.00. The number of nitrogens with one attached hydrogen (secondary N) is 1. The monoisotopic (exact) mass is 295 g/mol. The molecule has 3 rings (SSSR count). The molecule has 6 nitrogen and oxygen atoms in total. The van der Waals surface area contributed by atoms with Gasteiger partial charge >= 0.3 is 0 Å². The number of rotatable bonds is 4. The van der Waals surface area contributed by atoms with E-state index in [1.807, 2.05) is 32.0 Å². The molecule has 0 radical (unpaired) electrons. The zero-order chi connectivity index (χ0) is 15.6. The lowest BCUT2D eigenvalue weighted by atomic mass is 10.1. The summed E-state index contributed by atoms with van der Waals surface area (Å²) in [7, 11) is 0. The van der Waals surface area contributed by atoms with Crippen LogP contribution in [-0.2, 0) is 0 Å². The summed E-state index contributed by atoms with van der Waals surface area (Å²) in [6, 6.07) is 5.58. The lowest BCUT2D eigenvalue weighted by molar-refractivity contribution is 0.234. The first kappa shape index (κ1) is 14.3. The van der Waals surface area contributed by atoms with Crippen molar-refractivity contribution in [1.82, 2.24) is 19.9 Å². The molecular weight excluding hydrogens is 278 g/mol. The molecule has 6 heteroatoms. The van der Waals surface area contributed by atoms with E-state index in [-0.39, 0.29) is 6.61 Å². The normalized spacial score (nSPS) is 11.6. The Balaban J connectivity index is 2.17. The van der Waals surface area contributed by atoms with E-state index in [0.717, 1.165) is 16.5 Å². The molecule has 0 spiro atoms. The molecule has 0 saturated carbocycles. The van der Waals surface area contributed by atoms with E-state index < -0.39 is 5.54 Å². The maximum Gasteiger partial charge on any atom is 0.162 e. The van der Waals surface area contributed by atoms with Crippen molar-refractivity contribution >= 4 is 16.7 Å². The van der Waals surface area contributed by atoms with Crippen LogP contribution in [0.15, 0.2) is 43.0 Å². The number of aliphatic hydroxyl groups is 1. The molecule has 0 aliphatic heterocycles. The summed E-state index contributed by atoms with van der Waals surface area (Å²) in [4.78, 5) is 17.3. The lowest BCUT2D eigenvalue weighted by Gasteiger charge is -2.25. The largest absolute Gasteiger partial charge is 0.394 e. The second-order valence-electron chi connectivity index (χ2n) is 5.69. The fourth-order valence-electron chi connectivity index (χ4n) is 2.07. The molecule has 22 heavy (non-hydrogen) atoms. The maximum atomic E-state index is 9.49. The highest BCUT2D eigenvalue weighted by Crippen LogP contribution is 2.26. The van der Waals surface area contributed by atoms with Gasteiger partial charge in [0.15, 0.2) is 5.82 Å². The van der Waals surface area contributed by atoms with E-state index in [1.54, 1.807) is 24.8 Å². The van der Waals surface area contributed by atoms with Crippen LogP contribution in [0.3, 0.4) is 0 Å². The van der Waals surface area contributed by atoms with Gasteiger partial charge < -0.3 is 10.4 Å². The number of pyridine rings is 2. The maximum absolute atomic E-state index is 9.49. The van der Waals surface area contributed by atoms with Gasteiger partial charge in [-0.2, -0.15) is 0 Å². The van der Waals surface area contributed by atoms with Crippen molar-refractivity contribution in [2.75, 3.05) is 11.9 Å². The number of aliphatic hydroxyl groups excluding tert-OH is 1. The zero-order valence-electron chi connectivity index (χ0n) is 12.5. The summed E-state index contributed by atoms with van der Waals surface area (Å²) in [6.45, 7) is 3.82. The van der Waals surface area contributed by atoms with Crippen molar-refractivity contribution in [3.63, 3.8) is 0 Å². The molecular formula is C16H17N5O. The molecule has 112 valence electrons. The van der Waals surface area contributed by atoms with Crippen LogP contribution in [0.1, 0.15) is 13.8 Å². The number of hydrogen-bond acceptors (Lipinski definition) is 6. The van der Waals surface area contributed by atoms with Gasteiger partial charge in [0.05, 0.1) is 23.9 Å². The van der Waals surface area contributed by atoms with Gasteiger partial charge in [-0.1, -0.05) is 0 Å². The zero-order valence-corrected chi connectivity index (χ0v) is 12.5. The number of aromatic nitrogens is 4. The third kappa shape index (κ3) is 2.87. The van der Waals surface area contributed by atoms with Crippen LogP contribution in [0.4, 0.5) is 5.82 Å². The average Bonchev–Trinajstić information content (AvgIpc) is 2.55. The minimum Gasteiger partial charge on any atom is -0.394 e. The summed E-state index contributed by atoms with van der Waals surface area (Å²) in [5, 5.41) is 13.6. The van der Waals surface area contributed by atoms with E-state index in [4.69, 9.17) is 0 Å².